The highest BCUT2D eigenvalue weighted by Gasteiger charge is 2.13. The second kappa shape index (κ2) is 7.69. The van der Waals surface area contributed by atoms with Crippen molar-refractivity contribution in [3.63, 3.8) is 0 Å². The smallest absolute Gasteiger partial charge is 0.319 e. The van der Waals surface area contributed by atoms with Crippen molar-refractivity contribution in [1.82, 2.24) is 5.32 Å². The Morgan fingerprint density at radius 1 is 1.40 bits per heavy atom. The molecule has 1 N–H and O–H groups in total. The maximum Gasteiger partial charge on any atom is 0.319 e. The van der Waals surface area contributed by atoms with Crippen LogP contribution in [0.5, 0.6) is 0 Å². The van der Waals surface area contributed by atoms with Crippen molar-refractivity contribution in [2.45, 2.75) is 45.4 Å². The molecule has 3 heteroatoms. The molecular weight excluding hydrogens is 190 g/mol. The molecule has 1 fully saturated rings. The van der Waals surface area contributed by atoms with Gasteiger partial charge in [0.05, 0.1) is 13.2 Å². The first kappa shape index (κ1) is 12.5. The first-order valence-corrected chi connectivity index (χ1v) is 6.19. The number of hydrogen-bond acceptors (Lipinski definition) is 3. The number of carbonyl (C=O) groups excluding carboxylic acids is 1. The minimum Gasteiger partial charge on any atom is -0.465 e. The van der Waals surface area contributed by atoms with Crippen LogP contribution < -0.4 is 5.32 Å². The highest BCUT2D eigenvalue weighted by molar-refractivity contribution is 5.71. The van der Waals surface area contributed by atoms with Crippen molar-refractivity contribution in [3.8, 4) is 0 Å². The van der Waals surface area contributed by atoms with Crippen LogP contribution in [0.1, 0.15) is 45.4 Å². The first-order chi connectivity index (χ1) is 7.33. The van der Waals surface area contributed by atoms with Crippen LogP contribution in [0.15, 0.2) is 0 Å². The number of hydrogen-bond donors (Lipinski definition) is 1. The normalized spacial score (nSPS) is 16.9. The van der Waals surface area contributed by atoms with Crippen LogP contribution in [0.4, 0.5) is 0 Å². The molecule has 0 aromatic carbocycles. The number of nitrogens with one attached hydrogen (secondary N) is 1. The van der Waals surface area contributed by atoms with Crippen LogP contribution in [0, 0.1) is 5.92 Å². The molecule has 15 heavy (non-hydrogen) atoms. The molecule has 1 rings (SSSR count). The maximum absolute atomic E-state index is 11.0. The Balaban J connectivity index is 1.86. The van der Waals surface area contributed by atoms with E-state index in [1.165, 1.54) is 38.5 Å². The Morgan fingerprint density at radius 2 is 2.13 bits per heavy atom. The Kier molecular flexibility index (Phi) is 6.41. The summed E-state index contributed by atoms with van der Waals surface area (Å²) in [5, 5.41) is 3.12. The van der Waals surface area contributed by atoms with Crippen LogP contribution in [0.3, 0.4) is 0 Å². The van der Waals surface area contributed by atoms with Gasteiger partial charge in [-0.2, -0.15) is 0 Å². The van der Waals surface area contributed by atoms with Gasteiger partial charge in [0.15, 0.2) is 0 Å². The van der Waals surface area contributed by atoms with Gasteiger partial charge in [0, 0.05) is 0 Å². The van der Waals surface area contributed by atoms with E-state index in [1.54, 1.807) is 0 Å². The van der Waals surface area contributed by atoms with Crippen molar-refractivity contribution in [2.75, 3.05) is 19.7 Å². The Hall–Kier alpha value is -0.570. The van der Waals surface area contributed by atoms with Crippen molar-refractivity contribution in [2.24, 2.45) is 5.92 Å². The van der Waals surface area contributed by atoms with Gasteiger partial charge in [0.2, 0.25) is 0 Å². The van der Waals surface area contributed by atoms with Gasteiger partial charge in [-0.1, -0.05) is 25.7 Å². The highest BCUT2D eigenvalue weighted by Crippen LogP contribution is 2.28. The number of rotatable bonds is 7. The van der Waals surface area contributed by atoms with Crippen LogP contribution in [-0.2, 0) is 9.53 Å². The Labute approximate surface area is 92.6 Å². The molecule has 0 bridgehead atoms. The van der Waals surface area contributed by atoms with Crippen LogP contribution in [-0.4, -0.2) is 25.7 Å². The maximum atomic E-state index is 11.0. The van der Waals surface area contributed by atoms with E-state index in [0.717, 1.165) is 12.5 Å². The summed E-state index contributed by atoms with van der Waals surface area (Å²) in [5.74, 6) is 0.813. The lowest BCUT2D eigenvalue weighted by atomic mass is 10.0. The van der Waals surface area contributed by atoms with Gasteiger partial charge in [0.25, 0.3) is 0 Å². The van der Waals surface area contributed by atoms with Gasteiger partial charge in [-0.25, -0.2) is 0 Å². The van der Waals surface area contributed by atoms with E-state index in [4.69, 9.17) is 4.74 Å². The third-order valence-corrected chi connectivity index (χ3v) is 3.02. The van der Waals surface area contributed by atoms with Gasteiger partial charge < -0.3 is 10.1 Å². The quantitative estimate of drug-likeness (QED) is 0.520. The molecule has 0 aromatic rings. The average Bonchev–Trinajstić information content (AvgIpc) is 2.70. The molecule has 0 radical (unpaired) electrons. The Morgan fingerprint density at radius 3 is 2.80 bits per heavy atom. The SMILES string of the molecule is CCOC(=O)CNCCCC1CCCC1. The van der Waals surface area contributed by atoms with E-state index in [1.807, 2.05) is 6.92 Å². The molecular formula is C12H23NO2. The number of ether oxygens (including phenoxy) is 1. The topological polar surface area (TPSA) is 38.3 Å². The summed E-state index contributed by atoms with van der Waals surface area (Å²) in [6.45, 7) is 3.61. The van der Waals surface area contributed by atoms with E-state index < -0.39 is 0 Å². The van der Waals surface area contributed by atoms with E-state index >= 15 is 0 Å². The molecule has 0 aliphatic heterocycles. The molecule has 0 spiro atoms. The summed E-state index contributed by atoms with van der Waals surface area (Å²) in [4.78, 5) is 11.0. The fraction of sp³-hybridized carbons (Fsp3) is 0.917. The van der Waals surface area contributed by atoms with Crippen molar-refractivity contribution in [3.05, 3.63) is 0 Å². The summed E-state index contributed by atoms with van der Waals surface area (Å²) >= 11 is 0. The standard InChI is InChI=1S/C12H23NO2/c1-2-15-12(14)10-13-9-5-8-11-6-3-4-7-11/h11,13H,2-10H2,1H3. The lowest BCUT2D eigenvalue weighted by molar-refractivity contribution is -0.141. The van der Waals surface area contributed by atoms with Crippen molar-refractivity contribution >= 4 is 5.97 Å². The number of esters is 1. The predicted molar refractivity (Wildman–Crippen MR) is 60.7 cm³/mol. The zero-order valence-corrected chi connectivity index (χ0v) is 9.76. The molecule has 1 aliphatic rings. The largest absolute Gasteiger partial charge is 0.465 e. The predicted octanol–water partition coefficient (Wildman–Crippen LogP) is 2.11. The molecule has 0 atom stereocenters. The third kappa shape index (κ3) is 5.78. The zero-order chi connectivity index (χ0) is 10.9. The monoisotopic (exact) mass is 213 g/mol. The van der Waals surface area contributed by atoms with Gasteiger partial charge in [-0.3, -0.25) is 4.79 Å². The lowest BCUT2D eigenvalue weighted by Gasteiger charge is -2.08. The van der Waals surface area contributed by atoms with Crippen molar-refractivity contribution in [1.29, 1.82) is 0 Å². The minimum atomic E-state index is -0.140. The van der Waals surface area contributed by atoms with E-state index in [2.05, 4.69) is 5.32 Å². The van der Waals surface area contributed by atoms with Gasteiger partial charge in [0.1, 0.15) is 0 Å². The Bertz CT molecular complexity index is 176. The summed E-state index contributed by atoms with van der Waals surface area (Å²) in [6.07, 6.45) is 8.16. The molecule has 88 valence electrons. The fourth-order valence-electron chi connectivity index (χ4n) is 2.22. The average molecular weight is 213 g/mol. The fourth-order valence-corrected chi connectivity index (χ4v) is 2.22. The summed E-state index contributed by atoms with van der Waals surface area (Å²) in [7, 11) is 0. The van der Waals surface area contributed by atoms with E-state index in [0.29, 0.717) is 13.2 Å². The van der Waals surface area contributed by atoms with Gasteiger partial charge in [-0.15, -0.1) is 0 Å². The van der Waals surface area contributed by atoms with Crippen molar-refractivity contribution < 1.29 is 9.53 Å². The molecule has 0 aromatic heterocycles. The van der Waals surface area contributed by atoms with E-state index in [-0.39, 0.29) is 5.97 Å². The van der Waals surface area contributed by atoms with Gasteiger partial charge in [-0.05, 0) is 32.2 Å². The second-order valence-electron chi connectivity index (χ2n) is 4.27. The zero-order valence-electron chi connectivity index (χ0n) is 9.76. The van der Waals surface area contributed by atoms with Gasteiger partial charge >= 0.3 is 5.97 Å². The molecule has 1 aliphatic carbocycles. The molecule has 0 saturated heterocycles. The molecule has 0 amide bonds. The molecule has 0 unspecified atom stereocenters. The van der Waals surface area contributed by atoms with Crippen LogP contribution in [0.25, 0.3) is 0 Å². The summed E-state index contributed by atoms with van der Waals surface area (Å²) in [5.41, 5.74) is 0. The minimum absolute atomic E-state index is 0.140. The molecule has 0 heterocycles. The first-order valence-electron chi connectivity index (χ1n) is 6.19. The summed E-state index contributed by atoms with van der Waals surface area (Å²) in [6, 6.07) is 0. The second-order valence-corrected chi connectivity index (χ2v) is 4.27. The lowest BCUT2D eigenvalue weighted by Crippen LogP contribution is -2.25. The highest BCUT2D eigenvalue weighted by atomic mass is 16.5. The molecule has 1 saturated carbocycles. The number of carbonyl (C=O) groups is 1. The van der Waals surface area contributed by atoms with Crippen LogP contribution >= 0.6 is 0 Å². The molecule has 3 nitrogen and oxygen atoms in total. The summed E-state index contributed by atoms with van der Waals surface area (Å²) < 4.78 is 4.82. The van der Waals surface area contributed by atoms with E-state index in [9.17, 15) is 4.79 Å². The third-order valence-electron chi connectivity index (χ3n) is 3.02. The van der Waals surface area contributed by atoms with Crippen LogP contribution in [0.2, 0.25) is 0 Å².